The van der Waals surface area contributed by atoms with E-state index in [-0.39, 0.29) is 23.6 Å². The molecule has 0 aliphatic carbocycles. The summed E-state index contributed by atoms with van der Waals surface area (Å²) < 4.78 is 39.8. The maximum absolute atomic E-state index is 14.6. The van der Waals surface area contributed by atoms with Gasteiger partial charge in [0.25, 0.3) is 0 Å². The van der Waals surface area contributed by atoms with Crippen LogP contribution in [0.3, 0.4) is 0 Å². The lowest BCUT2D eigenvalue weighted by Gasteiger charge is -2.35. The van der Waals surface area contributed by atoms with Gasteiger partial charge in [-0.1, -0.05) is 45.6 Å². The highest BCUT2D eigenvalue weighted by molar-refractivity contribution is 7.92. The molecular formula is C28H37FN4O3S. The number of hydrogen-bond acceptors (Lipinski definition) is 5. The first-order valence-electron chi connectivity index (χ1n) is 12.2. The first-order chi connectivity index (χ1) is 17.3. The maximum Gasteiger partial charge on any atom is 0.244 e. The van der Waals surface area contributed by atoms with Crippen LogP contribution in [0.2, 0.25) is 0 Å². The van der Waals surface area contributed by atoms with Gasteiger partial charge in [-0.2, -0.15) is 0 Å². The van der Waals surface area contributed by atoms with E-state index in [0.717, 1.165) is 43.7 Å². The Morgan fingerprint density at radius 1 is 1.11 bits per heavy atom. The molecule has 0 atom stereocenters. The number of nitrogens with zero attached hydrogens (tertiary/aromatic N) is 2. The van der Waals surface area contributed by atoms with E-state index >= 15 is 0 Å². The minimum absolute atomic E-state index is 0.00684. The third kappa shape index (κ3) is 7.90. The molecule has 200 valence electrons. The van der Waals surface area contributed by atoms with Crippen molar-refractivity contribution in [1.82, 2.24) is 10.2 Å². The summed E-state index contributed by atoms with van der Waals surface area (Å²) in [6, 6.07) is 9.15. The molecular weight excluding hydrogens is 491 g/mol. The second kappa shape index (κ2) is 11.5. The summed E-state index contributed by atoms with van der Waals surface area (Å²) in [5.41, 5.74) is 3.92. The molecule has 7 nitrogen and oxygen atoms in total. The minimum atomic E-state index is -3.65. The lowest BCUT2D eigenvalue weighted by atomic mass is 9.86. The molecule has 0 radical (unpaired) electrons. The van der Waals surface area contributed by atoms with Crippen LogP contribution in [0.1, 0.15) is 43.0 Å². The van der Waals surface area contributed by atoms with Gasteiger partial charge in [-0.05, 0) is 53.4 Å². The molecule has 3 rings (SSSR count). The van der Waals surface area contributed by atoms with Crippen LogP contribution in [0.25, 0.3) is 12.2 Å². The highest BCUT2D eigenvalue weighted by atomic mass is 32.2. The van der Waals surface area contributed by atoms with Crippen molar-refractivity contribution in [1.29, 1.82) is 0 Å². The first-order valence-corrected chi connectivity index (χ1v) is 14.1. The monoisotopic (exact) mass is 528 g/mol. The van der Waals surface area contributed by atoms with E-state index in [1.165, 1.54) is 23.8 Å². The first kappa shape index (κ1) is 28.4. The molecule has 1 saturated heterocycles. The van der Waals surface area contributed by atoms with Gasteiger partial charge in [0.2, 0.25) is 15.9 Å². The Balaban J connectivity index is 1.76. The minimum Gasteiger partial charge on any atom is -0.368 e. The molecule has 0 spiro atoms. The Labute approximate surface area is 220 Å². The molecule has 2 N–H and O–H groups in total. The summed E-state index contributed by atoms with van der Waals surface area (Å²) in [5, 5.41) is 2.77. The Hall–Kier alpha value is -3.17. The van der Waals surface area contributed by atoms with Gasteiger partial charge in [-0.15, -0.1) is 0 Å². The zero-order valence-electron chi connectivity index (χ0n) is 22.3. The van der Waals surface area contributed by atoms with Crippen molar-refractivity contribution >= 4 is 39.5 Å². The van der Waals surface area contributed by atoms with Gasteiger partial charge in [-0.3, -0.25) is 9.52 Å². The van der Waals surface area contributed by atoms with E-state index in [1.807, 2.05) is 6.08 Å². The molecule has 0 saturated carbocycles. The van der Waals surface area contributed by atoms with Crippen molar-refractivity contribution < 1.29 is 17.6 Å². The predicted molar refractivity (Wildman–Crippen MR) is 151 cm³/mol. The number of piperazine rings is 1. The van der Waals surface area contributed by atoms with E-state index in [1.54, 1.807) is 6.07 Å². The highest BCUT2D eigenvalue weighted by Crippen LogP contribution is 2.31. The van der Waals surface area contributed by atoms with Crippen LogP contribution in [-0.4, -0.2) is 58.7 Å². The van der Waals surface area contributed by atoms with E-state index in [0.29, 0.717) is 11.1 Å². The SMILES string of the molecule is C=Cc1cc(CNC(=O)C=Cc2ccc(C(C)(C)C)cc2N2CCN(C)CC2)cc(F)c1NS(C)(=O)=O. The van der Waals surface area contributed by atoms with Crippen LogP contribution < -0.4 is 14.9 Å². The van der Waals surface area contributed by atoms with Crippen molar-refractivity contribution in [2.45, 2.75) is 32.7 Å². The van der Waals surface area contributed by atoms with E-state index in [9.17, 15) is 17.6 Å². The number of nitrogens with one attached hydrogen (secondary N) is 2. The molecule has 2 aromatic carbocycles. The number of amides is 1. The van der Waals surface area contributed by atoms with Crippen molar-refractivity contribution in [2.24, 2.45) is 0 Å². The summed E-state index contributed by atoms with van der Waals surface area (Å²) >= 11 is 0. The number of hydrogen-bond donors (Lipinski definition) is 2. The predicted octanol–water partition coefficient (Wildman–Crippen LogP) is 4.22. The molecule has 9 heteroatoms. The van der Waals surface area contributed by atoms with Gasteiger partial charge in [0.05, 0.1) is 11.9 Å². The van der Waals surface area contributed by atoms with Gasteiger partial charge in [0, 0.05) is 50.1 Å². The zero-order valence-corrected chi connectivity index (χ0v) is 23.1. The summed E-state index contributed by atoms with van der Waals surface area (Å²) in [7, 11) is -1.53. The number of anilines is 2. The van der Waals surface area contributed by atoms with Crippen LogP contribution in [0.15, 0.2) is 43.0 Å². The maximum atomic E-state index is 14.6. The number of carbonyl (C=O) groups is 1. The normalized spacial score (nSPS) is 15.1. The van der Waals surface area contributed by atoms with Crippen molar-refractivity contribution in [3.8, 4) is 0 Å². The number of halogens is 1. The number of sulfonamides is 1. The number of carbonyl (C=O) groups excluding carboxylic acids is 1. The lowest BCUT2D eigenvalue weighted by molar-refractivity contribution is -0.116. The molecule has 1 aliphatic heterocycles. The molecule has 1 aliphatic rings. The largest absolute Gasteiger partial charge is 0.368 e. The quantitative estimate of drug-likeness (QED) is 0.502. The average Bonchev–Trinajstić information content (AvgIpc) is 2.82. The summed E-state index contributed by atoms with van der Waals surface area (Å²) in [4.78, 5) is 17.3. The fourth-order valence-corrected chi connectivity index (χ4v) is 4.71. The molecule has 0 aromatic heterocycles. The fraction of sp³-hybridized carbons (Fsp3) is 0.393. The summed E-state index contributed by atoms with van der Waals surface area (Å²) in [6.07, 6.45) is 5.61. The Morgan fingerprint density at radius 3 is 2.38 bits per heavy atom. The van der Waals surface area contributed by atoms with Gasteiger partial charge in [0.15, 0.2) is 0 Å². The molecule has 1 heterocycles. The molecule has 1 amide bonds. The average molecular weight is 529 g/mol. The van der Waals surface area contributed by atoms with Gasteiger partial charge in [0.1, 0.15) is 5.82 Å². The van der Waals surface area contributed by atoms with E-state index in [4.69, 9.17) is 0 Å². The van der Waals surface area contributed by atoms with E-state index < -0.39 is 15.8 Å². The van der Waals surface area contributed by atoms with Crippen LogP contribution >= 0.6 is 0 Å². The molecule has 37 heavy (non-hydrogen) atoms. The van der Waals surface area contributed by atoms with Crippen molar-refractivity contribution in [3.63, 3.8) is 0 Å². The van der Waals surface area contributed by atoms with Crippen LogP contribution in [0, 0.1) is 5.82 Å². The van der Waals surface area contributed by atoms with Crippen LogP contribution in [-0.2, 0) is 26.8 Å². The zero-order chi connectivity index (χ0) is 27.4. The van der Waals surface area contributed by atoms with Crippen molar-refractivity contribution in [2.75, 3.05) is 49.1 Å². The van der Waals surface area contributed by atoms with Gasteiger partial charge < -0.3 is 15.1 Å². The summed E-state index contributed by atoms with van der Waals surface area (Å²) in [5.74, 6) is -1.05. The Morgan fingerprint density at radius 2 is 1.78 bits per heavy atom. The lowest BCUT2D eigenvalue weighted by Crippen LogP contribution is -2.44. The second-order valence-electron chi connectivity index (χ2n) is 10.5. The third-order valence-electron chi connectivity index (χ3n) is 6.31. The number of rotatable bonds is 8. The van der Waals surface area contributed by atoms with Gasteiger partial charge in [-0.25, -0.2) is 12.8 Å². The molecule has 0 bridgehead atoms. The topological polar surface area (TPSA) is 81.8 Å². The standard InChI is InChI=1S/C28H37FN4O3S/c1-7-21-16-20(17-24(29)27(21)31-37(6,35)36)19-30-26(34)11-9-22-8-10-23(28(2,3)4)18-25(22)33-14-12-32(5)13-15-33/h7-11,16-18,31H,1,12-15,19H2,2-6H3,(H,30,34). The Kier molecular flexibility index (Phi) is 8.81. The van der Waals surface area contributed by atoms with E-state index in [2.05, 4.69) is 72.4 Å². The second-order valence-corrected chi connectivity index (χ2v) is 12.2. The molecule has 1 fully saturated rings. The number of likely N-dealkylation sites (N-methyl/N-ethyl adjacent to an activating group) is 1. The fourth-order valence-electron chi connectivity index (χ4n) is 4.13. The van der Waals surface area contributed by atoms with Crippen LogP contribution in [0.5, 0.6) is 0 Å². The Bertz CT molecular complexity index is 1290. The van der Waals surface area contributed by atoms with Crippen molar-refractivity contribution in [3.05, 3.63) is 71.1 Å². The van der Waals surface area contributed by atoms with Crippen LogP contribution in [0.4, 0.5) is 15.8 Å². The summed E-state index contributed by atoms with van der Waals surface area (Å²) in [6.45, 7) is 14.0. The van der Waals surface area contributed by atoms with Gasteiger partial charge >= 0.3 is 0 Å². The molecule has 0 unspecified atom stereocenters. The number of benzene rings is 2. The smallest absolute Gasteiger partial charge is 0.244 e. The third-order valence-corrected chi connectivity index (χ3v) is 6.88. The molecule has 2 aromatic rings. The highest BCUT2D eigenvalue weighted by Gasteiger charge is 2.20.